The molecule has 0 bridgehead atoms. The van der Waals surface area contributed by atoms with Gasteiger partial charge in [-0.25, -0.2) is 0 Å². The van der Waals surface area contributed by atoms with Crippen LogP contribution in [0.3, 0.4) is 0 Å². The summed E-state index contributed by atoms with van der Waals surface area (Å²) in [6.45, 7) is 4.58. The Morgan fingerprint density at radius 1 is 0.423 bits per heavy atom. The fraction of sp³-hybridized carbons (Fsp3) is 0.163. The van der Waals surface area contributed by atoms with E-state index in [1.54, 1.807) is 0 Å². The SMILES string of the molecule is CCCC1=Cc2c(-c3ccccc3)cccc2[CH]1[Zr]([Cl])([Cl])(=[C]1c2ccccc2-c2ccccc21)[CH]1C(CCC)=Cc2c(-c3ccccc3)cccc21. The molecule has 0 aliphatic heterocycles. The van der Waals surface area contributed by atoms with E-state index in [-0.39, 0.29) is 7.25 Å². The predicted octanol–water partition coefficient (Wildman–Crippen LogP) is 14.4. The second-order valence-corrected chi connectivity index (χ2v) is 35.3. The van der Waals surface area contributed by atoms with Crippen molar-refractivity contribution in [2.45, 2.75) is 46.8 Å². The van der Waals surface area contributed by atoms with E-state index in [1.807, 2.05) is 0 Å². The van der Waals surface area contributed by atoms with E-state index in [0.29, 0.717) is 0 Å². The van der Waals surface area contributed by atoms with Crippen LogP contribution >= 0.6 is 17.0 Å². The summed E-state index contributed by atoms with van der Waals surface area (Å²) in [6.07, 6.45) is 8.91. The first-order chi connectivity index (χ1) is 25.4. The predicted molar refractivity (Wildman–Crippen MR) is 222 cm³/mol. The summed E-state index contributed by atoms with van der Waals surface area (Å²) < 4.78 is 1.02. The van der Waals surface area contributed by atoms with E-state index in [4.69, 9.17) is 0 Å². The Kier molecular flexibility index (Phi) is 8.62. The number of allylic oxidation sites excluding steroid dienone is 2. The molecule has 3 heteroatoms. The maximum absolute atomic E-state index is 9.24. The molecule has 6 aromatic rings. The topological polar surface area (TPSA) is 0 Å². The zero-order chi connectivity index (χ0) is 35.5. The minimum absolute atomic E-state index is 0.103. The standard InChI is InChI=1S/2C18H17.C13H8.2ClH.Zr/c2*1-2-7-14-12-16-10-6-11-17(18(16)13-14)15-8-4-3-5-9-15;1-3-7-12-10(5-1)9-11-6-2-4-8-13(11)12;;;/h2*3-6,8-13H,2,7H2,1H3;1-8H;2*1H;/q;;;;;+2/p-2. The molecular formula is C49H42Cl2Zr. The van der Waals surface area contributed by atoms with Crippen molar-refractivity contribution in [1.82, 2.24) is 0 Å². The summed E-state index contributed by atoms with van der Waals surface area (Å²) in [5.74, 6) is 0. The maximum atomic E-state index is 9.24. The molecule has 0 spiro atoms. The molecule has 256 valence electrons. The van der Waals surface area contributed by atoms with Crippen LogP contribution in [0.1, 0.15) is 80.2 Å². The van der Waals surface area contributed by atoms with Gasteiger partial charge in [-0.3, -0.25) is 0 Å². The van der Waals surface area contributed by atoms with Crippen molar-refractivity contribution in [3.05, 3.63) is 190 Å². The van der Waals surface area contributed by atoms with Crippen LogP contribution in [0.25, 0.3) is 45.5 Å². The van der Waals surface area contributed by atoms with E-state index in [2.05, 4.69) is 172 Å². The number of halogens is 2. The van der Waals surface area contributed by atoms with E-state index in [0.717, 1.165) is 25.7 Å². The molecule has 3 aliphatic rings. The Labute approximate surface area is 316 Å². The molecule has 2 unspecified atom stereocenters. The first kappa shape index (κ1) is 33.9. The van der Waals surface area contributed by atoms with Gasteiger partial charge in [0.2, 0.25) is 0 Å². The third-order valence-electron chi connectivity index (χ3n) is 11.8. The van der Waals surface area contributed by atoms with E-state index >= 15 is 0 Å². The van der Waals surface area contributed by atoms with Crippen molar-refractivity contribution in [3.63, 3.8) is 0 Å². The van der Waals surface area contributed by atoms with Gasteiger partial charge in [0, 0.05) is 0 Å². The Hall–Kier alpha value is -3.87. The summed E-state index contributed by atoms with van der Waals surface area (Å²) in [6, 6.07) is 53.1. The van der Waals surface area contributed by atoms with Gasteiger partial charge in [-0.05, 0) is 0 Å². The third-order valence-corrected chi connectivity index (χ3v) is 31.4. The van der Waals surface area contributed by atoms with E-state index in [9.17, 15) is 17.0 Å². The van der Waals surface area contributed by atoms with Crippen molar-refractivity contribution in [1.29, 1.82) is 0 Å². The van der Waals surface area contributed by atoms with Gasteiger partial charge in [0.05, 0.1) is 0 Å². The van der Waals surface area contributed by atoms with Crippen LogP contribution in [0.2, 0.25) is 0 Å². The average molecular weight is 793 g/mol. The molecule has 2 atom stereocenters. The summed E-state index contributed by atoms with van der Waals surface area (Å²) in [5.41, 5.74) is 17.8. The van der Waals surface area contributed by atoms with Crippen LogP contribution in [0.4, 0.5) is 0 Å². The zero-order valence-electron chi connectivity index (χ0n) is 29.8. The van der Waals surface area contributed by atoms with Gasteiger partial charge in [-0.1, -0.05) is 0 Å². The fourth-order valence-corrected chi connectivity index (χ4v) is 32.8. The molecule has 0 saturated heterocycles. The van der Waals surface area contributed by atoms with Crippen molar-refractivity contribution < 1.29 is 15.9 Å². The van der Waals surface area contributed by atoms with Crippen molar-refractivity contribution in [3.8, 4) is 33.4 Å². The summed E-state index contributed by atoms with van der Waals surface area (Å²) in [5, 5.41) is 0. The number of hydrogen-bond acceptors (Lipinski definition) is 0. The Balaban J connectivity index is 1.44. The Morgan fingerprint density at radius 3 is 1.19 bits per heavy atom. The van der Waals surface area contributed by atoms with Crippen LogP contribution in [0, 0.1) is 0 Å². The normalized spacial score (nSPS) is 17.3. The molecule has 0 fully saturated rings. The molecule has 0 amide bonds. The van der Waals surface area contributed by atoms with E-state index < -0.39 is 15.9 Å². The molecule has 0 N–H and O–H groups in total. The van der Waals surface area contributed by atoms with Gasteiger partial charge in [-0.2, -0.15) is 0 Å². The van der Waals surface area contributed by atoms with Crippen molar-refractivity contribution in [2.24, 2.45) is 0 Å². The van der Waals surface area contributed by atoms with Gasteiger partial charge >= 0.3 is 319 Å². The van der Waals surface area contributed by atoms with Gasteiger partial charge < -0.3 is 0 Å². The second-order valence-electron chi connectivity index (χ2n) is 14.8. The molecule has 0 radical (unpaired) electrons. The summed E-state index contributed by atoms with van der Waals surface area (Å²) in [4.78, 5) is 0. The summed E-state index contributed by atoms with van der Waals surface area (Å²) in [7, 11) is 18.5. The quantitative estimate of drug-likeness (QED) is 0.144. The van der Waals surface area contributed by atoms with Crippen LogP contribution in [0.15, 0.2) is 157 Å². The van der Waals surface area contributed by atoms with Gasteiger partial charge in [-0.15, -0.1) is 0 Å². The fourth-order valence-electron chi connectivity index (χ4n) is 9.91. The molecular weight excluding hydrogens is 751 g/mol. The third kappa shape index (κ3) is 5.07. The number of hydrogen-bond donors (Lipinski definition) is 0. The van der Waals surface area contributed by atoms with Gasteiger partial charge in [0.25, 0.3) is 0 Å². The zero-order valence-corrected chi connectivity index (χ0v) is 33.7. The molecule has 0 saturated carbocycles. The van der Waals surface area contributed by atoms with Crippen LogP contribution < -0.4 is 0 Å². The molecule has 0 aromatic heterocycles. The number of rotatable bonds is 8. The monoisotopic (exact) mass is 790 g/mol. The average Bonchev–Trinajstić information content (AvgIpc) is 3.86. The van der Waals surface area contributed by atoms with Crippen LogP contribution in [0.5, 0.6) is 0 Å². The van der Waals surface area contributed by atoms with Gasteiger partial charge in [0.1, 0.15) is 0 Å². The molecule has 3 aliphatic carbocycles. The molecule has 9 rings (SSSR count). The van der Waals surface area contributed by atoms with Crippen LogP contribution in [-0.2, 0) is 15.9 Å². The molecule has 0 nitrogen and oxygen atoms in total. The minimum atomic E-state index is -5.64. The first-order valence-corrected chi connectivity index (χ1v) is 29.2. The number of benzene rings is 6. The molecule has 52 heavy (non-hydrogen) atoms. The second kappa shape index (κ2) is 13.2. The Morgan fingerprint density at radius 2 is 0.788 bits per heavy atom. The summed E-state index contributed by atoms with van der Waals surface area (Å²) >= 11 is -5.64. The molecule has 6 aromatic carbocycles. The van der Waals surface area contributed by atoms with Crippen molar-refractivity contribution >= 4 is 32.4 Å². The van der Waals surface area contributed by atoms with Crippen LogP contribution in [-0.4, -0.2) is 3.21 Å². The Bertz CT molecular complexity index is 2330. The molecule has 0 heterocycles. The first-order valence-electron chi connectivity index (χ1n) is 18.9. The van der Waals surface area contributed by atoms with Gasteiger partial charge in [0.15, 0.2) is 0 Å². The van der Waals surface area contributed by atoms with Crippen molar-refractivity contribution in [2.75, 3.05) is 0 Å². The van der Waals surface area contributed by atoms with E-state index in [1.165, 1.54) is 81.1 Å². The number of fused-ring (bicyclic) bond motifs is 5.